The molecular formula is C27H27N3O5S. The zero-order chi connectivity index (χ0) is 25.9. The molecule has 0 spiro atoms. The van der Waals surface area contributed by atoms with Gasteiger partial charge in [0.05, 0.1) is 18.2 Å². The number of aliphatic hydroxyl groups excluding tert-OH is 1. The number of hydrogen-bond acceptors (Lipinski definition) is 6. The van der Waals surface area contributed by atoms with Gasteiger partial charge in [0.1, 0.15) is 16.4 Å². The summed E-state index contributed by atoms with van der Waals surface area (Å²) in [6.45, 7) is 4.44. The maximum Gasteiger partial charge on any atom is 0.253 e. The van der Waals surface area contributed by atoms with Gasteiger partial charge in [-0.1, -0.05) is 18.2 Å². The fraction of sp³-hybridized carbons (Fsp3) is 0.259. The van der Waals surface area contributed by atoms with Crippen LogP contribution in [-0.4, -0.2) is 54.8 Å². The van der Waals surface area contributed by atoms with Gasteiger partial charge < -0.3 is 14.7 Å². The third kappa shape index (κ3) is 5.41. The van der Waals surface area contributed by atoms with E-state index in [4.69, 9.17) is 4.74 Å². The van der Waals surface area contributed by atoms with E-state index in [1.54, 1.807) is 29.2 Å². The second-order valence-electron chi connectivity index (χ2n) is 8.75. The third-order valence-electron chi connectivity index (χ3n) is 6.02. The van der Waals surface area contributed by atoms with Crippen LogP contribution in [-0.2, 0) is 16.6 Å². The Morgan fingerprint density at radius 1 is 0.972 bits per heavy atom. The van der Waals surface area contributed by atoms with Crippen molar-refractivity contribution in [2.75, 3.05) is 26.2 Å². The molecule has 8 nitrogen and oxygen atoms in total. The summed E-state index contributed by atoms with van der Waals surface area (Å²) in [5.41, 5.74) is 3.36. The molecule has 1 N–H and O–H groups in total. The minimum absolute atomic E-state index is 0.0833. The van der Waals surface area contributed by atoms with Crippen LogP contribution in [0.5, 0.6) is 11.5 Å². The first kappa shape index (κ1) is 25.4. The van der Waals surface area contributed by atoms with Crippen LogP contribution in [0.2, 0.25) is 0 Å². The molecule has 0 radical (unpaired) electrons. The normalized spacial score (nSPS) is 14.3. The van der Waals surface area contributed by atoms with Crippen molar-refractivity contribution in [2.24, 2.45) is 0 Å². The number of rotatable bonds is 6. The molecule has 0 aromatic heterocycles. The van der Waals surface area contributed by atoms with Gasteiger partial charge in [-0.3, -0.25) is 4.79 Å². The zero-order valence-electron chi connectivity index (χ0n) is 20.1. The maximum atomic E-state index is 13.6. The van der Waals surface area contributed by atoms with Crippen LogP contribution < -0.4 is 4.74 Å². The van der Waals surface area contributed by atoms with E-state index in [-0.39, 0.29) is 54.9 Å². The van der Waals surface area contributed by atoms with Crippen molar-refractivity contribution >= 4 is 15.9 Å². The van der Waals surface area contributed by atoms with Crippen molar-refractivity contribution in [2.45, 2.75) is 25.3 Å². The van der Waals surface area contributed by atoms with Crippen LogP contribution in [0, 0.1) is 25.2 Å². The number of nitrogens with zero attached hydrogens (tertiary/aromatic N) is 3. The number of sulfonamides is 1. The van der Waals surface area contributed by atoms with E-state index >= 15 is 0 Å². The average molecular weight is 506 g/mol. The second kappa shape index (κ2) is 10.5. The molecule has 0 bridgehead atoms. The number of carbonyl (C=O) groups excluding carboxylic acids is 1. The maximum absolute atomic E-state index is 13.6. The number of aryl methyl sites for hydroxylation is 2. The van der Waals surface area contributed by atoms with Crippen LogP contribution >= 0.6 is 0 Å². The molecule has 9 heteroatoms. The highest BCUT2D eigenvalue weighted by Crippen LogP contribution is 2.33. The molecule has 3 aromatic carbocycles. The lowest BCUT2D eigenvalue weighted by Gasteiger charge is -2.34. The first-order valence-corrected chi connectivity index (χ1v) is 12.9. The molecule has 1 amide bonds. The topological polar surface area (TPSA) is 111 Å². The Labute approximate surface area is 211 Å². The molecule has 1 heterocycles. The smallest absolute Gasteiger partial charge is 0.253 e. The monoisotopic (exact) mass is 505 g/mol. The number of nitriles is 1. The number of carbonyl (C=O) groups is 1. The predicted octanol–water partition coefficient (Wildman–Crippen LogP) is 3.61. The standard InChI is InChI=1S/C27H27N3O5S/c1-19-13-20(2)15-24(14-19)35-25-8-5-22(17-28)16-26(25)36(33,34)30-11-9-29(10-12-30)27(32)23-6-3-21(18-31)4-7-23/h3-8,13-16,31H,9-12,18H2,1-2H3. The van der Waals surface area contributed by atoms with Crippen LogP contribution in [0.25, 0.3) is 0 Å². The van der Waals surface area contributed by atoms with Gasteiger partial charge in [-0.05, 0) is 73.0 Å². The van der Waals surface area contributed by atoms with Crippen LogP contribution in [0.4, 0.5) is 0 Å². The van der Waals surface area contributed by atoms with E-state index in [9.17, 15) is 23.6 Å². The summed E-state index contributed by atoms with van der Waals surface area (Å²) in [6.07, 6.45) is 0. The Hall–Kier alpha value is -3.71. The summed E-state index contributed by atoms with van der Waals surface area (Å²) in [6, 6.07) is 18.7. The summed E-state index contributed by atoms with van der Waals surface area (Å²) in [4.78, 5) is 14.4. The number of piperazine rings is 1. The van der Waals surface area contributed by atoms with Crippen molar-refractivity contribution < 1.29 is 23.1 Å². The lowest BCUT2D eigenvalue weighted by atomic mass is 10.1. The Bertz CT molecular complexity index is 1400. The van der Waals surface area contributed by atoms with Crippen molar-refractivity contribution in [3.05, 3.63) is 88.5 Å². The Morgan fingerprint density at radius 3 is 2.19 bits per heavy atom. The SMILES string of the molecule is Cc1cc(C)cc(Oc2ccc(C#N)cc2S(=O)(=O)N2CCN(C(=O)c3ccc(CO)cc3)CC2)c1. The fourth-order valence-electron chi connectivity index (χ4n) is 4.19. The number of benzene rings is 3. The predicted molar refractivity (Wildman–Crippen MR) is 134 cm³/mol. The van der Waals surface area contributed by atoms with Crippen LogP contribution in [0.1, 0.15) is 32.6 Å². The lowest BCUT2D eigenvalue weighted by Crippen LogP contribution is -2.50. The molecule has 186 valence electrons. The van der Waals surface area contributed by atoms with Gasteiger partial charge in [0, 0.05) is 31.7 Å². The van der Waals surface area contributed by atoms with Gasteiger partial charge in [0.25, 0.3) is 5.91 Å². The van der Waals surface area contributed by atoms with Gasteiger partial charge >= 0.3 is 0 Å². The molecule has 0 aliphatic carbocycles. The molecule has 0 unspecified atom stereocenters. The van der Waals surface area contributed by atoms with Gasteiger partial charge in [0.2, 0.25) is 10.0 Å². The van der Waals surface area contributed by atoms with Gasteiger partial charge in [-0.25, -0.2) is 8.42 Å². The Balaban J connectivity index is 1.55. The summed E-state index contributed by atoms with van der Waals surface area (Å²) in [5.74, 6) is 0.458. The molecule has 1 saturated heterocycles. The van der Waals surface area contributed by atoms with Gasteiger partial charge in [-0.2, -0.15) is 9.57 Å². The summed E-state index contributed by atoms with van der Waals surface area (Å²) in [7, 11) is -4.00. The Kier molecular flexibility index (Phi) is 7.40. The molecule has 3 aromatic rings. The molecule has 1 fully saturated rings. The molecule has 4 rings (SSSR count). The highest BCUT2D eigenvalue weighted by molar-refractivity contribution is 7.89. The lowest BCUT2D eigenvalue weighted by molar-refractivity contribution is 0.0697. The van der Waals surface area contributed by atoms with E-state index in [0.717, 1.165) is 11.1 Å². The number of amides is 1. The zero-order valence-corrected chi connectivity index (χ0v) is 21.0. The van der Waals surface area contributed by atoms with E-state index in [0.29, 0.717) is 16.9 Å². The average Bonchev–Trinajstić information content (AvgIpc) is 2.88. The summed E-state index contributed by atoms with van der Waals surface area (Å²) >= 11 is 0. The first-order chi connectivity index (χ1) is 17.2. The van der Waals surface area contributed by atoms with E-state index < -0.39 is 10.0 Å². The van der Waals surface area contributed by atoms with Crippen LogP contribution in [0.3, 0.4) is 0 Å². The van der Waals surface area contributed by atoms with Gasteiger partial charge in [0.15, 0.2) is 0 Å². The molecule has 0 atom stereocenters. The fourth-order valence-corrected chi connectivity index (χ4v) is 5.75. The molecular weight excluding hydrogens is 478 g/mol. The molecule has 1 aliphatic rings. The van der Waals surface area contributed by atoms with Crippen molar-refractivity contribution in [1.29, 1.82) is 5.26 Å². The number of ether oxygens (including phenoxy) is 1. The minimum Gasteiger partial charge on any atom is -0.456 e. The largest absolute Gasteiger partial charge is 0.456 e. The molecule has 36 heavy (non-hydrogen) atoms. The van der Waals surface area contributed by atoms with E-state index in [1.807, 2.05) is 38.1 Å². The van der Waals surface area contributed by atoms with Crippen molar-refractivity contribution in [3.63, 3.8) is 0 Å². The van der Waals surface area contributed by atoms with Gasteiger partial charge in [-0.15, -0.1) is 0 Å². The summed E-state index contributed by atoms with van der Waals surface area (Å²) < 4.78 is 34.6. The number of hydrogen-bond donors (Lipinski definition) is 1. The third-order valence-corrected chi connectivity index (χ3v) is 7.94. The highest BCUT2D eigenvalue weighted by atomic mass is 32.2. The number of aliphatic hydroxyl groups is 1. The second-order valence-corrected chi connectivity index (χ2v) is 10.7. The molecule has 0 saturated carbocycles. The Morgan fingerprint density at radius 2 is 1.61 bits per heavy atom. The first-order valence-electron chi connectivity index (χ1n) is 11.5. The summed E-state index contributed by atoms with van der Waals surface area (Å²) in [5, 5.41) is 18.6. The quantitative estimate of drug-likeness (QED) is 0.548. The van der Waals surface area contributed by atoms with E-state index in [2.05, 4.69) is 0 Å². The van der Waals surface area contributed by atoms with Crippen molar-refractivity contribution in [3.8, 4) is 17.6 Å². The van der Waals surface area contributed by atoms with Crippen molar-refractivity contribution in [1.82, 2.24) is 9.21 Å². The van der Waals surface area contributed by atoms with E-state index in [1.165, 1.54) is 22.5 Å². The highest BCUT2D eigenvalue weighted by Gasteiger charge is 2.33. The molecule has 1 aliphatic heterocycles. The van der Waals surface area contributed by atoms with Crippen LogP contribution in [0.15, 0.2) is 65.6 Å². The minimum atomic E-state index is -4.00.